The Hall–Kier alpha value is -3.54. The molecule has 0 fully saturated rings. The highest BCUT2D eigenvalue weighted by atomic mass is 16.1. The van der Waals surface area contributed by atoms with Gasteiger partial charge in [0.05, 0.1) is 16.6 Å². The summed E-state index contributed by atoms with van der Waals surface area (Å²) in [5, 5.41) is 0. The van der Waals surface area contributed by atoms with Crippen LogP contribution in [0.3, 0.4) is 0 Å². The Morgan fingerprint density at radius 2 is 1.71 bits per heavy atom. The van der Waals surface area contributed by atoms with E-state index in [1.165, 1.54) is 6.20 Å². The van der Waals surface area contributed by atoms with Crippen molar-refractivity contribution in [3.8, 4) is 5.95 Å². The number of fused-ring (bicyclic) bond motifs is 1. The second-order valence-corrected chi connectivity index (χ2v) is 5.27. The molecule has 0 saturated carbocycles. The van der Waals surface area contributed by atoms with Crippen molar-refractivity contribution in [2.75, 3.05) is 5.73 Å². The minimum atomic E-state index is -0.199. The van der Waals surface area contributed by atoms with Crippen LogP contribution >= 0.6 is 0 Å². The van der Waals surface area contributed by atoms with E-state index in [0.29, 0.717) is 11.5 Å². The highest BCUT2D eigenvalue weighted by molar-refractivity contribution is 6.11. The van der Waals surface area contributed by atoms with Gasteiger partial charge in [0.1, 0.15) is 12.1 Å². The van der Waals surface area contributed by atoms with Gasteiger partial charge < -0.3 is 5.73 Å². The van der Waals surface area contributed by atoms with Crippen LogP contribution in [0.25, 0.3) is 17.0 Å². The summed E-state index contributed by atoms with van der Waals surface area (Å²) in [6, 6.07) is 16.6. The van der Waals surface area contributed by atoms with Crippen LogP contribution in [0.1, 0.15) is 15.9 Å². The van der Waals surface area contributed by atoms with E-state index in [2.05, 4.69) is 15.0 Å². The second-order valence-electron chi connectivity index (χ2n) is 5.27. The fourth-order valence-electron chi connectivity index (χ4n) is 2.54. The number of ketones is 1. The number of hydrogen-bond donors (Lipinski definition) is 1. The first kappa shape index (κ1) is 14.1. The van der Waals surface area contributed by atoms with Gasteiger partial charge in [0.2, 0.25) is 5.95 Å². The number of nitrogen functional groups attached to an aromatic ring is 1. The normalized spacial score (nSPS) is 10.8. The zero-order valence-corrected chi connectivity index (χ0v) is 12.6. The maximum absolute atomic E-state index is 12.5. The fourth-order valence-corrected chi connectivity index (χ4v) is 2.54. The van der Waals surface area contributed by atoms with Gasteiger partial charge in [-0.25, -0.2) is 9.97 Å². The van der Waals surface area contributed by atoms with Crippen molar-refractivity contribution in [1.29, 1.82) is 0 Å². The van der Waals surface area contributed by atoms with Crippen LogP contribution < -0.4 is 5.73 Å². The number of carbonyl (C=O) groups excluding carboxylic acids is 1. The molecule has 0 amide bonds. The van der Waals surface area contributed by atoms with Crippen LogP contribution in [0.5, 0.6) is 0 Å². The van der Waals surface area contributed by atoms with Gasteiger partial charge in [-0.2, -0.15) is 4.98 Å². The molecule has 0 radical (unpaired) electrons. The van der Waals surface area contributed by atoms with E-state index >= 15 is 0 Å². The zero-order chi connectivity index (χ0) is 16.5. The minimum Gasteiger partial charge on any atom is -0.383 e. The lowest BCUT2D eigenvalue weighted by Gasteiger charge is -2.07. The van der Waals surface area contributed by atoms with Gasteiger partial charge in [-0.1, -0.05) is 42.5 Å². The first-order chi connectivity index (χ1) is 11.7. The summed E-state index contributed by atoms with van der Waals surface area (Å²) in [6.07, 6.45) is 3.10. The van der Waals surface area contributed by atoms with Crippen LogP contribution in [0.2, 0.25) is 0 Å². The fraction of sp³-hybridized carbons (Fsp3) is 0. The van der Waals surface area contributed by atoms with Crippen LogP contribution in [0, 0.1) is 0 Å². The SMILES string of the molecule is Nc1nc(-n2cnc3ccccc32)ncc1C(=O)c1ccccc1. The third-order valence-corrected chi connectivity index (χ3v) is 3.76. The summed E-state index contributed by atoms with van der Waals surface area (Å²) in [5.74, 6) is 0.326. The first-order valence-corrected chi connectivity index (χ1v) is 7.39. The van der Waals surface area contributed by atoms with E-state index in [0.717, 1.165) is 11.0 Å². The van der Waals surface area contributed by atoms with Crippen LogP contribution in [0.15, 0.2) is 67.1 Å². The minimum absolute atomic E-state index is 0.145. The van der Waals surface area contributed by atoms with E-state index in [-0.39, 0.29) is 17.2 Å². The molecule has 0 saturated heterocycles. The van der Waals surface area contributed by atoms with Gasteiger partial charge in [0.25, 0.3) is 0 Å². The summed E-state index contributed by atoms with van der Waals surface area (Å²) in [6.45, 7) is 0. The van der Waals surface area contributed by atoms with Gasteiger partial charge in [0.15, 0.2) is 5.78 Å². The number of anilines is 1. The highest BCUT2D eigenvalue weighted by Gasteiger charge is 2.15. The van der Waals surface area contributed by atoms with Crippen LogP contribution in [-0.2, 0) is 0 Å². The Kier molecular flexibility index (Phi) is 3.28. The molecule has 116 valence electrons. The smallest absolute Gasteiger partial charge is 0.237 e. The number of carbonyl (C=O) groups is 1. The Morgan fingerprint density at radius 1 is 0.958 bits per heavy atom. The summed E-state index contributed by atoms with van der Waals surface area (Å²) in [7, 11) is 0. The number of nitrogens with zero attached hydrogens (tertiary/aromatic N) is 4. The van der Waals surface area contributed by atoms with Crippen molar-refractivity contribution in [3.05, 3.63) is 78.2 Å². The molecule has 6 heteroatoms. The molecular formula is C18H13N5O. The first-order valence-electron chi connectivity index (χ1n) is 7.39. The molecule has 4 rings (SSSR count). The summed E-state index contributed by atoms with van der Waals surface area (Å²) >= 11 is 0. The lowest BCUT2D eigenvalue weighted by atomic mass is 10.1. The molecule has 6 nitrogen and oxygen atoms in total. The number of rotatable bonds is 3. The predicted molar refractivity (Wildman–Crippen MR) is 90.9 cm³/mol. The summed E-state index contributed by atoms with van der Waals surface area (Å²) in [5.41, 5.74) is 8.55. The quantitative estimate of drug-likeness (QED) is 0.587. The Balaban J connectivity index is 1.76. The van der Waals surface area contributed by atoms with E-state index in [1.807, 2.05) is 30.3 Å². The van der Waals surface area contributed by atoms with Gasteiger partial charge in [-0.05, 0) is 12.1 Å². The molecule has 0 bridgehead atoms. The molecule has 0 spiro atoms. The third-order valence-electron chi connectivity index (χ3n) is 3.76. The molecular weight excluding hydrogens is 302 g/mol. The van der Waals surface area contributed by atoms with Gasteiger partial charge in [-0.15, -0.1) is 0 Å². The Morgan fingerprint density at radius 3 is 2.50 bits per heavy atom. The van der Waals surface area contributed by atoms with E-state index in [1.54, 1.807) is 35.2 Å². The topological polar surface area (TPSA) is 86.7 Å². The molecule has 2 N–H and O–H groups in total. The van der Waals surface area contributed by atoms with Crippen molar-refractivity contribution >= 4 is 22.6 Å². The molecule has 2 heterocycles. The van der Waals surface area contributed by atoms with E-state index in [4.69, 9.17) is 5.73 Å². The summed E-state index contributed by atoms with van der Waals surface area (Å²) in [4.78, 5) is 25.4. The number of hydrogen-bond acceptors (Lipinski definition) is 5. The maximum atomic E-state index is 12.5. The lowest BCUT2D eigenvalue weighted by molar-refractivity contribution is 0.103. The third kappa shape index (κ3) is 2.30. The molecule has 4 aromatic rings. The number of imidazole rings is 1. The molecule has 0 aliphatic rings. The van der Waals surface area contributed by atoms with Gasteiger partial charge in [0, 0.05) is 11.8 Å². The highest BCUT2D eigenvalue weighted by Crippen LogP contribution is 2.18. The molecule has 0 atom stereocenters. The van der Waals surface area contributed by atoms with Crippen molar-refractivity contribution < 1.29 is 4.79 Å². The Bertz CT molecular complexity index is 1040. The predicted octanol–water partition coefficient (Wildman–Crippen LogP) is 2.63. The number of aromatic nitrogens is 4. The molecule has 0 unspecified atom stereocenters. The van der Waals surface area contributed by atoms with Gasteiger partial charge in [-0.3, -0.25) is 9.36 Å². The monoisotopic (exact) mass is 315 g/mol. The van der Waals surface area contributed by atoms with E-state index in [9.17, 15) is 4.79 Å². The van der Waals surface area contributed by atoms with Gasteiger partial charge >= 0.3 is 0 Å². The average Bonchev–Trinajstić information content (AvgIpc) is 3.06. The molecule has 0 aliphatic heterocycles. The van der Waals surface area contributed by atoms with Crippen molar-refractivity contribution in [2.45, 2.75) is 0 Å². The number of para-hydroxylation sites is 2. The molecule has 2 aromatic carbocycles. The second kappa shape index (κ2) is 5.58. The van der Waals surface area contributed by atoms with E-state index < -0.39 is 0 Å². The average molecular weight is 315 g/mol. The van der Waals surface area contributed by atoms with Crippen molar-refractivity contribution in [3.63, 3.8) is 0 Å². The summed E-state index contributed by atoms with van der Waals surface area (Å²) < 4.78 is 1.74. The lowest BCUT2D eigenvalue weighted by Crippen LogP contribution is -2.11. The number of benzene rings is 2. The van der Waals surface area contributed by atoms with Crippen LogP contribution in [-0.4, -0.2) is 25.3 Å². The molecule has 24 heavy (non-hydrogen) atoms. The standard InChI is InChI=1S/C18H13N5O/c19-17-13(16(24)12-6-2-1-3-7-12)10-20-18(22-17)23-11-21-14-8-4-5-9-15(14)23/h1-11H,(H2,19,20,22). The molecule has 2 aromatic heterocycles. The maximum Gasteiger partial charge on any atom is 0.237 e. The zero-order valence-electron chi connectivity index (χ0n) is 12.6. The molecule has 0 aliphatic carbocycles. The van der Waals surface area contributed by atoms with Crippen molar-refractivity contribution in [1.82, 2.24) is 19.5 Å². The van der Waals surface area contributed by atoms with Crippen molar-refractivity contribution in [2.24, 2.45) is 0 Å². The largest absolute Gasteiger partial charge is 0.383 e. The Labute approximate surface area is 137 Å². The number of nitrogens with two attached hydrogens (primary N) is 1. The van der Waals surface area contributed by atoms with Crippen LogP contribution in [0.4, 0.5) is 5.82 Å².